The number of hydrogen-bond acceptors (Lipinski definition) is 3. The van der Waals surface area contributed by atoms with Crippen LogP contribution in [-0.4, -0.2) is 11.0 Å². The normalized spacial score (nSPS) is 9.58. The van der Waals surface area contributed by atoms with E-state index in [0.29, 0.717) is 0 Å². The molecule has 0 N–H and O–H groups in total. The Balaban J connectivity index is 3.00. The zero-order valence-electron chi connectivity index (χ0n) is 6.17. The van der Waals surface area contributed by atoms with E-state index in [1.165, 1.54) is 12.3 Å². The molecule has 0 saturated carbocycles. The molecule has 0 saturated heterocycles. The molecule has 0 spiro atoms. The summed E-state index contributed by atoms with van der Waals surface area (Å²) in [5.74, 6) is -1.85. The van der Waals surface area contributed by atoms with E-state index in [2.05, 4.69) is 9.72 Å². The van der Waals surface area contributed by atoms with Gasteiger partial charge in [-0.1, -0.05) is 11.6 Å². The topological polar surface area (TPSA) is 39.2 Å². The quantitative estimate of drug-likeness (QED) is 0.633. The molecular formula is C7H5ClFNO2. The van der Waals surface area contributed by atoms with E-state index in [4.69, 9.17) is 11.6 Å². The monoisotopic (exact) mass is 189 g/mol. The molecule has 3 nitrogen and oxygen atoms in total. The van der Waals surface area contributed by atoms with Crippen molar-refractivity contribution in [3.63, 3.8) is 0 Å². The second-order valence-corrected chi connectivity index (χ2v) is 2.41. The van der Waals surface area contributed by atoms with Crippen molar-refractivity contribution in [3.8, 4) is 5.88 Å². The van der Waals surface area contributed by atoms with E-state index in [0.717, 1.165) is 6.92 Å². The lowest BCUT2D eigenvalue weighted by Crippen LogP contribution is -2.04. The van der Waals surface area contributed by atoms with Crippen LogP contribution in [0.15, 0.2) is 12.3 Å². The lowest BCUT2D eigenvalue weighted by atomic mass is 10.4. The van der Waals surface area contributed by atoms with Crippen LogP contribution in [0.1, 0.15) is 6.92 Å². The Hall–Kier alpha value is -1.16. The van der Waals surface area contributed by atoms with Gasteiger partial charge >= 0.3 is 5.97 Å². The summed E-state index contributed by atoms with van der Waals surface area (Å²) in [4.78, 5) is 13.9. The zero-order chi connectivity index (χ0) is 9.14. The number of esters is 1. The summed E-state index contributed by atoms with van der Waals surface area (Å²) < 4.78 is 17.3. The van der Waals surface area contributed by atoms with Gasteiger partial charge in [0.15, 0.2) is 0 Å². The summed E-state index contributed by atoms with van der Waals surface area (Å²) in [6, 6.07) is 1.27. The maximum Gasteiger partial charge on any atom is 0.309 e. The van der Waals surface area contributed by atoms with Gasteiger partial charge in [-0.15, -0.1) is 0 Å². The third-order valence-electron chi connectivity index (χ3n) is 1.05. The van der Waals surface area contributed by atoms with E-state index >= 15 is 0 Å². The Bertz CT molecular complexity index is 316. The third-order valence-corrected chi connectivity index (χ3v) is 1.34. The van der Waals surface area contributed by atoms with Gasteiger partial charge in [0.1, 0.15) is 0 Å². The van der Waals surface area contributed by atoms with Crippen molar-refractivity contribution in [2.24, 2.45) is 0 Å². The number of rotatable bonds is 1. The molecule has 0 bridgehead atoms. The molecule has 0 fully saturated rings. The fourth-order valence-electron chi connectivity index (χ4n) is 0.610. The van der Waals surface area contributed by atoms with Gasteiger partial charge in [-0.25, -0.2) is 4.98 Å². The van der Waals surface area contributed by atoms with Crippen molar-refractivity contribution >= 4 is 17.6 Å². The number of aromatic nitrogens is 1. The first-order valence-electron chi connectivity index (χ1n) is 3.09. The van der Waals surface area contributed by atoms with Crippen LogP contribution in [0.2, 0.25) is 5.02 Å². The van der Waals surface area contributed by atoms with Crippen LogP contribution >= 0.6 is 11.6 Å². The van der Waals surface area contributed by atoms with E-state index in [1.807, 2.05) is 0 Å². The van der Waals surface area contributed by atoms with Gasteiger partial charge < -0.3 is 4.74 Å². The first kappa shape index (κ1) is 8.93. The zero-order valence-corrected chi connectivity index (χ0v) is 6.93. The molecule has 5 heteroatoms. The fraction of sp³-hybridized carbons (Fsp3) is 0.143. The van der Waals surface area contributed by atoms with E-state index in [1.54, 1.807) is 0 Å². The third kappa shape index (κ3) is 1.92. The van der Waals surface area contributed by atoms with Crippen molar-refractivity contribution in [2.75, 3.05) is 0 Å². The molecule has 1 aromatic rings. The molecular weight excluding hydrogens is 185 g/mol. The van der Waals surface area contributed by atoms with Crippen LogP contribution < -0.4 is 4.74 Å². The number of carbonyl (C=O) groups is 1. The van der Waals surface area contributed by atoms with Gasteiger partial charge in [-0.3, -0.25) is 4.79 Å². The number of ether oxygens (including phenoxy) is 1. The average molecular weight is 190 g/mol. The maximum absolute atomic E-state index is 12.9. The van der Waals surface area contributed by atoms with Gasteiger partial charge in [-0.05, 0) is 6.07 Å². The van der Waals surface area contributed by atoms with Crippen molar-refractivity contribution in [1.82, 2.24) is 4.98 Å². The Kier molecular flexibility index (Phi) is 2.60. The molecule has 0 unspecified atom stereocenters. The van der Waals surface area contributed by atoms with Crippen LogP contribution in [0.25, 0.3) is 0 Å². The van der Waals surface area contributed by atoms with E-state index < -0.39 is 17.7 Å². The first-order valence-corrected chi connectivity index (χ1v) is 3.47. The summed E-state index contributed by atoms with van der Waals surface area (Å²) >= 11 is 5.39. The molecule has 64 valence electrons. The highest BCUT2D eigenvalue weighted by Crippen LogP contribution is 2.21. The molecule has 1 aromatic heterocycles. The molecule has 0 aliphatic heterocycles. The SMILES string of the molecule is CC(=O)Oc1nccc(Cl)c1F. The highest BCUT2D eigenvalue weighted by Gasteiger charge is 2.10. The van der Waals surface area contributed by atoms with E-state index in [9.17, 15) is 9.18 Å². The van der Waals surface area contributed by atoms with Crippen LogP contribution in [0.4, 0.5) is 4.39 Å². The molecule has 0 amide bonds. The predicted molar refractivity (Wildman–Crippen MR) is 40.5 cm³/mol. The minimum Gasteiger partial charge on any atom is -0.404 e. The second kappa shape index (κ2) is 3.49. The van der Waals surface area contributed by atoms with Crippen LogP contribution in [0, 0.1) is 5.82 Å². The number of hydrogen-bond donors (Lipinski definition) is 0. The molecule has 0 aromatic carbocycles. The lowest BCUT2D eigenvalue weighted by molar-refractivity contribution is -0.132. The Morgan fingerprint density at radius 3 is 3.00 bits per heavy atom. The van der Waals surface area contributed by atoms with Crippen LogP contribution in [0.5, 0.6) is 5.88 Å². The standard InChI is InChI=1S/C7H5ClFNO2/c1-4(11)12-7-6(9)5(8)2-3-10-7/h2-3H,1H3. The van der Waals surface area contributed by atoms with Gasteiger partial charge in [0.2, 0.25) is 5.82 Å². The first-order chi connectivity index (χ1) is 5.61. The Morgan fingerprint density at radius 1 is 1.75 bits per heavy atom. The van der Waals surface area contributed by atoms with Gasteiger partial charge in [0.05, 0.1) is 5.02 Å². The number of halogens is 2. The molecule has 0 atom stereocenters. The second-order valence-electron chi connectivity index (χ2n) is 2.01. The summed E-state index contributed by atoms with van der Waals surface area (Å²) in [7, 11) is 0. The molecule has 0 radical (unpaired) electrons. The number of nitrogens with zero attached hydrogens (tertiary/aromatic N) is 1. The highest BCUT2D eigenvalue weighted by atomic mass is 35.5. The molecule has 1 heterocycles. The van der Waals surface area contributed by atoms with Gasteiger partial charge in [0, 0.05) is 13.1 Å². The Labute approximate surface area is 73.1 Å². The predicted octanol–water partition coefficient (Wildman–Crippen LogP) is 1.80. The minimum atomic E-state index is -0.825. The molecule has 0 aliphatic carbocycles. The maximum atomic E-state index is 12.9. The summed E-state index contributed by atoms with van der Waals surface area (Å²) in [6.45, 7) is 1.15. The summed E-state index contributed by atoms with van der Waals surface area (Å²) in [6.07, 6.45) is 1.25. The molecule has 12 heavy (non-hydrogen) atoms. The van der Waals surface area contributed by atoms with Crippen molar-refractivity contribution < 1.29 is 13.9 Å². The molecule has 0 aliphatic rings. The van der Waals surface area contributed by atoms with Gasteiger partial charge in [0.25, 0.3) is 5.88 Å². The van der Waals surface area contributed by atoms with Crippen LogP contribution in [0.3, 0.4) is 0 Å². The lowest BCUT2D eigenvalue weighted by Gasteiger charge is -2.00. The van der Waals surface area contributed by atoms with Crippen LogP contribution in [-0.2, 0) is 4.79 Å². The average Bonchev–Trinajstić information content (AvgIpc) is 1.98. The summed E-state index contributed by atoms with van der Waals surface area (Å²) in [5, 5.41) is -0.124. The minimum absolute atomic E-state index is 0.124. The number of pyridine rings is 1. The van der Waals surface area contributed by atoms with Gasteiger partial charge in [-0.2, -0.15) is 4.39 Å². The highest BCUT2D eigenvalue weighted by molar-refractivity contribution is 6.30. The van der Waals surface area contributed by atoms with Crippen molar-refractivity contribution in [3.05, 3.63) is 23.1 Å². The fourth-order valence-corrected chi connectivity index (χ4v) is 0.747. The van der Waals surface area contributed by atoms with E-state index in [-0.39, 0.29) is 5.02 Å². The van der Waals surface area contributed by atoms with Crippen molar-refractivity contribution in [1.29, 1.82) is 0 Å². The summed E-state index contributed by atoms with van der Waals surface area (Å²) in [5.41, 5.74) is 0. The smallest absolute Gasteiger partial charge is 0.309 e. The number of carbonyl (C=O) groups excluding carboxylic acids is 1. The van der Waals surface area contributed by atoms with Crippen molar-refractivity contribution in [2.45, 2.75) is 6.92 Å². The largest absolute Gasteiger partial charge is 0.404 e. The molecule has 1 rings (SSSR count). The Morgan fingerprint density at radius 2 is 2.42 bits per heavy atom.